The van der Waals surface area contributed by atoms with Crippen LogP contribution in [0.5, 0.6) is 0 Å². The molecule has 1 aromatic heterocycles. The molecule has 220 valence electrons. The van der Waals surface area contributed by atoms with Crippen LogP contribution in [0.4, 0.5) is 10.6 Å². The highest BCUT2D eigenvalue weighted by molar-refractivity contribution is 5.89. The minimum absolute atomic E-state index is 0. The van der Waals surface area contributed by atoms with Gasteiger partial charge in [0.05, 0.1) is 17.3 Å². The summed E-state index contributed by atoms with van der Waals surface area (Å²) in [7, 11) is 1.71. The number of anilines is 1. The van der Waals surface area contributed by atoms with Crippen molar-refractivity contribution in [2.75, 3.05) is 38.6 Å². The van der Waals surface area contributed by atoms with Gasteiger partial charge in [0.1, 0.15) is 5.82 Å². The van der Waals surface area contributed by atoms with E-state index in [1.807, 2.05) is 24.3 Å². The van der Waals surface area contributed by atoms with E-state index >= 15 is 0 Å². The zero-order valence-corrected chi connectivity index (χ0v) is 24.2. The standard InChI is InChI=1S/C27H40N8O4.ClH/c1-27(2,29)24(36)33-12-14-34(15-13-33)25(37)31-23-10-11-35(26(38)32-23)20-7-4-18(5-8-20)17-30-19-6-9-21(28)22(16-19)39-3;/h4-5,7-8,10-11,19,21-22,30H,6,9,12-17,28-29H2,1-3H3,(H,31,32,37,38);1H. The second-order valence-corrected chi connectivity index (χ2v) is 10.9. The fourth-order valence-electron chi connectivity index (χ4n) is 5.02. The number of nitrogens with one attached hydrogen (secondary N) is 2. The summed E-state index contributed by atoms with van der Waals surface area (Å²) in [6.07, 6.45) is 4.52. The lowest BCUT2D eigenvalue weighted by atomic mass is 9.89. The van der Waals surface area contributed by atoms with Gasteiger partial charge >= 0.3 is 11.7 Å². The smallest absolute Gasteiger partial charge is 0.354 e. The Morgan fingerprint density at radius 2 is 1.73 bits per heavy atom. The molecule has 3 atom stereocenters. The maximum Gasteiger partial charge on any atom is 0.354 e. The van der Waals surface area contributed by atoms with Gasteiger partial charge in [-0.05, 0) is 56.9 Å². The summed E-state index contributed by atoms with van der Waals surface area (Å²) in [6.45, 7) is 5.58. The zero-order valence-electron chi connectivity index (χ0n) is 23.3. The van der Waals surface area contributed by atoms with E-state index in [0.29, 0.717) is 44.5 Å². The Balaban J connectivity index is 0.00000441. The lowest BCUT2D eigenvalue weighted by Crippen LogP contribution is -2.58. The summed E-state index contributed by atoms with van der Waals surface area (Å²) in [6, 6.07) is 9.36. The van der Waals surface area contributed by atoms with Gasteiger partial charge in [0.2, 0.25) is 5.91 Å². The molecule has 0 radical (unpaired) electrons. The predicted octanol–water partition coefficient (Wildman–Crippen LogP) is 1.05. The summed E-state index contributed by atoms with van der Waals surface area (Å²) >= 11 is 0. The SMILES string of the molecule is COC1CC(NCc2ccc(-n3ccc(NC(=O)N4CCN(C(=O)C(C)(C)N)CC4)nc3=O)cc2)CCC1N.Cl. The molecular formula is C27H41ClN8O4. The van der Waals surface area contributed by atoms with Crippen molar-refractivity contribution in [3.05, 3.63) is 52.6 Å². The quantitative estimate of drug-likeness (QED) is 0.380. The minimum Gasteiger partial charge on any atom is -0.380 e. The lowest BCUT2D eigenvalue weighted by Gasteiger charge is -2.37. The molecule has 4 rings (SSSR count). The molecule has 13 heteroatoms. The third-order valence-corrected chi connectivity index (χ3v) is 7.40. The molecule has 3 amide bonds. The van der Waals surface area contributed by atoms with Crippen molar-refractivity contribution in [2.45, 2.75) is 63.4 Å². The number of carbonyl (C=O) groups is 2. The van der Waals surface area contributed by atoms with Crippen LogP contribution < -0.4 is 27.8 Å². The average Bonchev–Trinajstić information content (AvgIpc) is 2.92. The number of nitrogens with two attached hydrogens (primary N) is 2. The number of aromatic nitrogens is 2. The van der Waals surface area contributed by atoms with E-state index in [2.05, 4.69) is 15.6 Å². The Labute approximate surface area is 240 Å². The number of piperazine rings is 1. The number of carbonyl (C=O) groups excluding carboxylic acids is 2. The summed E-state index contributed by atoms with van der Waals surface area (Å²) in [5.41, 5.74) is 12.3. The van der Waals surface area contributed by atoms with E-state index in [4.69, 9.17) is 16.2 Å². The first-order chi connectivity index (χ1) is 18.5. The summed E-state index contributed by atoms with van der Waals surface area (Å²) in [5, 5.41) is 6.26. The van der Waals surface area contributed by atoms with Crippen molar-refractivity contribution in [1.82, 2.24) is 24.7 Å². The van der Waals surface area contributed by atoms with Gasteiger partial charge in [-0.15, -0.1) is 12.4 Å². The Morgan fingerprint density at radius 3 is 2.33 bits per heavy atom. The predicted molar refractivity (Wildman–Crippen MR) is 156 cm³/mol. The number of ether oxygens (including phenoxy) is 1. The molecule has 0 bridgehead atoms. The maximum absolute atomic E-state index is 12.7. The van der Waals surface area contributed by atoms with Crippen molar-refractivity contribution in [2.24, 2.45) is 11.5 Å². The number of hydrogen-bond donors (Lipinski definition) is 4. The average molecular weight is 577 g/mol. The molecule has 0 spiro atoms. The molecule has 1 saturated carbocycles. The van der Waals surface area contributed by atoms with E-state index in [1.165, 1.54) is 4.57 Å². The first-order valence-electron chi connectivity index (χ1n) is 13.4. The Morgan fingerprint density at radius 1 is 1.07 bits per heavy atom. The van der Waals surface area contributed by atoms with Crippen LogP contribution in [0.25, 0.3) is 5.69 Å². The van der Waals surface area contributed by atoms with Crippen molar-refractivity contribution < 1.29 is 14.3 Å². The first kappa shape index (κ1) is 31.5. The normalized spacial score (nSPS) is 21.5. The van der Waals surface area contributed by atoms with E-state index < -0.39 is 11.2 Å². The number of amides is 3. The van der Waals surface area contributed by atoms with Gasteiger partial charge in [0.25, 0.3) is 0 Å². The number of methoxy groups -OCH3 is 1. The highest BCUT2D eigenvalue weighted by atomic mass is 35.5. The highest BCUT2D eigenvalue weighted by Gasteiger charge is 2.31. The third-order valence-electron chi connectivity index (χ3n) is 7.40. The van der Waals surface area contributed by atoms with Crippen LogP contribution in [-0.4, -0.2) is 88.3 Å². The Bertz CT molecular complexity index is 1210. The summed E-state index contributed by atoms with van der Waals surface area (Å²) < 4.78 is 6.93. The van der Waals surface area contributed by atoms with Gasteiger partial charge in [0.15, 0.2) is 0 Å². The van der Waals surface area contributed by atoms with Crippen molar-refractivity contribution in [1.29, 1.82) is 0 Å². The fourth-order valence-corrected chi connectivity index (χ4v) is 5.02. The van der Waals surface area contributed by atoms with Crippen molar-refractivity contribution in [3.8, 4) is 5.69 Å². The molecule has 40 heavy (non-hydrogen) atoms. The number of benzene rings is 1. The highest BCUT2D eigenvalue weighted by Crippen LogP contribution is 2.20. The molecule has 6 N–H and O–H groups in total. The zero-order chi connectivity index (χ0) is 28.2. The number of hydrogen-bond acceptors (Lipinski definition) is 8. The Kier molecular flexibility index (Phi) is 10.7. The van der Waals surface area contributed by atoms with Crippen LogP contribution in [0.15, 0.2) is 41.3 Å². The number of rotatable bonds is 7. The molecular weight excluding hydrogens is 536 g/mol. The van der Waals surface area contributed by atoms with E-state index in [0.717, 1.165) is 24.8 Å². The van der Waals surface area contributed by atoms with Crippen LogP contribution in [0.1, 0.15) is 38.7 Å². The van der Waals surface area contributed by atoms with Gasteiger partial charge in [-0.25, -0.2) is 9.59 Å². The first-order valence-corrected chi connectivity index (χ1v) is 13.4. The molecule has 2 heterocycles. The molecule has 1 saturated heterocycles. The van der Waals surface area contributed by atoms with Gasteiger partial charge in [-0.3, -0.25) is 14.7 Å². The largest absolute Gasteiger partial charge is 0.380 e. The Hall–Kier alpha value is -3.03. The molecule has 12 nitrogen and oxygen atoms in total. The second-order valence-electron chi connectivity index (χ2n) is 10.9. The molecule has 2 fully saturated rings. The van der Waals surface area contributed by atoms with Gasteiger partial charge < -0.3 is 31.3 Å². The topological polar surface area (TPSA) is 161 Å². The van der Waals surface area contributed by atoms with Crippen LogP contribution in [0.3, 0.4) is 0 Å². The summed E-state index contributed by atoms with van der Waals surface area (Å²) in [5.74, 6) is 0.0250. The van der Waals surface area contributed by atoms with Crippen LogP contribution in [-0.2, 0) is 16.1 Å². The number of nitrogens with zero attached hydrogens (tertiary/aromatic N) is 4. The van der Waals surface area contributed by atoms with E-state index in [-0.39, 0.29) is 42.3 Å². The van der Waals surface area contributed by atoms with Crippen LogP contribution >= 0.6 is 12.4 Å². The van der Waals surface area contributed by atoms with Crippen molar-refractivity contribution in [3.63, 3.8) is 0 Å². The third kappa shape index (κ3) is 7.79. The monoisotopic (exact) mass is 576 g/mol. The molecule has 1 aliphatic heterocycles. The van der Waals surface area contributed by atoms with Crippen molar-refractivity contribution >= 4 is 30.2 Å². The minimum atomic E-state index is -0.951. The molecule has 3 unspecified atom stereocenters. The molecule has 2 aromatic rings. The van der Waals surface area contributed by atoms with Gasteiger partial charge in [0, 0.05) is 58.1 Å². The number of halogens is 1. The van der Waals surface area contributed by atoms with Gasteiger partial charge in [-0.1, -0.05) is 12.1 Å². The van der Waals surface area contributed by atoms with E-state index in [1.54, 1.807) is 43.0 Å². The second kappa shape index (κ2) is 13.6. The maximum atomic E-state index is 12.7. The molecule has 1 aliphatic carbocycles. The summed E-state index contributed by atoms with van der Waals surface area (Å²) in [4.78, 5) is 45.0. The fraction of sp³-hybridized carbons (Fsp3) is 0.556. The molecule has 1 aromatic carbocycles. The van der Waals surface area contributed by atoms with Crippen LogP contribution in [0.2, 0.25) is 0 Å². The van der Waals surface area contributed by atoms with E-state index in [9.17, 15) is 14.4 Å². The number of urea groups is 1. The lowest BCUT2D eigenvalue weighted by molar-refractivity contribution is -0.137. The van der Waals surface area contributed by atoms with Gasteiger partial charge in [-0.2, -0.15) is 4.98 Å². The molecule has 2 aliphatic rings. The van der Waals surface area contributed by atoms with Crippen LogP contribution in [0, 0.1) is 0 Å².